The molecule has 0 bridgehead atoms. The lowest BCUT2D eigenvalue weighted by molar-refractivity contribution is -0.152. The maximum absolute atomic E-state index is 11.5. The average molecular weight is 258 g/mol. The zero-order chi connectivity index (χ0) is 13.3. The quantitative estimate of drug-likeness (QED) is 0.785. The molecule has 1 N–H and O–H groups in total. The second kappa shape index (κ2) is 5.02. The molecule has 0 spiro atoms. The third-order valence-electron chi connectivity index (χ3n) is 3.45. The molecule has 0 aromatic heterocycles. The first kappa shape index (κ1) is 14.6. The second-order valence-corrected chi connectivity index (χ2v) is 10.7. The number of hydrogen-bond donors (Lipinski definition) is 1. The lowest BCUT2D eigenvalue weighted by atomic mass is 10.2. The van der Waals surface area contributed by atoms with Crippen LogP contribution in [0.5, 0.6) is 0 Å². The molecule has 1 aliphatic heterocycles. The SMILES string of the molecule is CC(C)(C)[Si](C)(C)OC[C@@H]1O[C@H](O)C=CC1=O. The van der Waals surface area contributed by atoms with E-state index >= 15 is 0 Å². The van der Waals surface area contributed by atoms with Gasteiger partial charge < -0.3 is 14.3 Å². The normalized spacial score (nSPS) is 26.4. The van der Waals surface area contributed by atoms with Crippen molar-refractivity contribution in [3.8, 4) is 0 Å². The molecule has 0 unspecified atom stereocenters. The molecule has 0 aromatic rings. The number of rotatable bonds is 3. The summed E-state index contributed by atoms with van der Waals surface area (Å²) in [6, 6.07) is 0. The molecular formula is C12H22O4Si. The molecule has 2 atom stereocenters. The van der Waals surface area contributed by atoms with Crippen molar-refractivity contribution in [1.29, 1.82) is 0 Å². The fraction of sp³-hybridized carbons (Fsp3) is 0.750. The Labute approximate surface area is 104 Å². The van der Waals surface area contributed by atoms with Crippen molar-refractivity contribution in [2.75, 3.05) is 6.61 Å². The number of aliphatic hydroxyl groups is 1. The zero-order valence-electron chi connectivity index (χ0n) is 11.2. The maximum Gasteiger partial charge on any atom is 0.192 e. The molecule has 1 aliphatic rings. The summed E-state index contributed by atoms with van der Waals surface area (Å²) < 4.78 is 11.0. The van der Waals surface area contributed by atoms with Crippen LogP contribution >= 0.6 is 0 Å². The molecule has 0 radical (unpaired) electrons. The molecule has 0 saturated heterocycles. The van der Waals surface area contributed by atoms with Crippen LogP contribution in [0.15, 0.2) is 12.2 Å². The second-order valence-electron chi connectivity index (χ2n) is 5.85. The Hall–Kier alpha value is -0.493. The fourth-order valence-corrected chi connectivity index (χ4v) is 2.19. The first-order valence-corrected chi connectivity index (χ1v) is 8.74. The van der Waals surface area contributed by atoms with Crippen LogP contribution in [0, 0.1) is 0 Å². The van der Waals surface area contributed by atoms with Crippen LogP contribution in [0.25, 0.3) is 0 Å². The van der Waals surface area contributed by atoms with Crippen molar-refractivity contribution in [3.05, 3.63) is 12.2 Å². The number of carbonyl (C=O) groups excluding carboxylic acids is 1. The lowest BCUT2D eigenvalue weighted by Gasteiger charge is -2.37. The summed E-state index contributed by atoms with van der Waals surface area (Å²) in [7, 11) is -1.88. The molecule has 17 heavy (non-hydrogen) atoms. The van der Waals surface area contributed by atoms with Crippen molar-refractivity contribution in [1.82, 2.24) is 0 Å². The predicted octanol–water partition coefficient (Wildman–Crippen LogP) is 1.85. The Morgan fingerprint density at radius 1 is 1.47 bits per heavy atom. The summed E-state index contributed by atoms with van der Waals surface area (Å²) >= 11 is 0. The van der Waals surface area contributed by atoms with Gasteiger partial charge in [0.25, 0.3) is 0 Å². The Bertz CT molecular complexity index is 317. The standard InChI is InChI=1S/C12H22O4Si/c1-12(2,3)17(4,5)15-8-10-9(13)6-7-11(14)16-10/h6-7,10-11,14H,8H2,1-5H3/t10-,11-/m0/s1. The Kier molecular flexibility index (Phi) is 4.30. The predicted molar refractivity (Wildman–Crippen MR) is 68.2 cm³/mol. The summed E-state index contributed by atoms with van der Waals surface area (Å²) in [5.41, 5.74) is 0. The van der Waals surface area contributed by atoms with E-state index in [9.17, 15) is 9.90 Å². The van der Waals surface area contributed by atoms with Gasteiger partial charge in [0.15, 0.2) is 20.4 Å². The Balaban J connectivity index is 2.57. The molecule has 1 rings (SSSR count). The summed E-state index contributed by atoms with van der Waals surface area (Å²) in [5.74, 6) is -0.144. The zero-order valence-corrected chi connectivity index (χ0v) is 12.2. The van der Waals surface area contributed by atoms with E-state index in [0.717, 1.165) is 0 Å². The highest BCUT2D eigenvalue weighted by Gasteiger charge is 2.38. The molecule has 98 valence electrons. The summed E-state index contributed by atoms with van der Waals surface area (Å²) in [4.78, 5) is 11.5. The van der Waals surface area contributed by atoms with Crippen LogP contribution in [0.3, 0.4) is 0 Å². The topological polar surface area (TPSA) is 55.8 Å². The van der Waals surface area contributed by atoms with Crippen molar-refractivity contribution >= 4 is 14.1 Å². The van der Waals surface area contributed by atoms with E-state index in [1.807, 2.05) is 0 Å². The van der Waals surface area contributed by atoms with E-state index in [0.29, 0.717) is 0 Å². The van der Waals surface area contributed by atoms with E-state index in [-0.39, 0.29) is 17.4 Å². The minimum absolute atomic E-state index is 0.0964. The molecule has 0 saturated carbocycles. The third kappa shape index (κ3) is 3.74. The molecule has 4 nitrogen and oxygen atoms in total. The van der Waals surface area contributed by atoms with E-state index < -0.39 is 20.7 Å². The van der Waals surface area contributed by atoms with Gasteiger partial charge in [0.2, 0.25) is 0 Å². The smallest absolute Gasteiger partial charge is 0.192 e. The molecule has 0 fully saturated rings. The number of hydrogen-bond acceptors (Lipinski definition) is 4. The van der Waals surface area contributed by atoms with Gasteiger partial charge in [-0.3, -0.25) is 4.79 Å². The van der Waals surface area contributed by atoms with Crippen LogP contribution in [0.4, 0.5) is 0 Å². The van der Waals surface area contributed by atoms with Gasteiger partial charge >= 0.3 is 0 Å². The van der Waals surface area contributed by atoms with Crippen LogP contribution in [0.2, 0.25) is 18.1 Å². The molecule has 0 aromatic carbocycles. The largest absolute Gasteiger partial charge is 0.414 e. The van der Waals surface area contributed by atoms with Crippen LogP contribution < -0.4 is 0 Å². The average Bonchev–Trinajstić information content (AvgIpc) is 2.18. The minimum Gasteiger partial charge on any atom is -0.414 e. The van der Waals surface area contributed by atoms with Gasteiger partial charge in [-0.2, -0.15) is 0 Å². The van der Waals surface area contributed by atoms with Gasteiger partial charge in [-0.1, -0.05) is 20.8 Å². The van der Waals surface area contributed by atoms with E-state index in [1.165, 1.54) is 12.2 Å². The summed E-state index contributed by atoms with van der Waals surface area (Å²) in [5, 5.41) is 9.38. The van der Waals surface area contributed by atoms with Gasteiger partial charge in [0.1, 0.15) is 6.10 Å². The highest BCUT2D eigenvalue weighted by Crippen LogP contribution is 2.36. The van der Waals surface area contributed by atoms with Crippen LogP contribution in [-0.4, -0.2) is 38.2 Å². The lowest BCUT2D eigenvalue weighted by Crippen LogP contribution is -2.45. The number of aliphatic hydroxyl groups excluding tert-OH is 1. The molecule has 0 aliphatic carbocycles. The van der Waals surface area contributed by atoms with E-state index in [2.05, 4.69) is 33.9 Å². The number of carbonyl (C=O) groups is 1. The summed E-state index contributed by atoms with van der Waals surface area (Å²) in [6.07, 6.45) is 1.02. The molecule has 1 heterocycles. The fourth-order valence-electron chi connectivity index (χ4n) is 1.19. The number of ketones is 1. The Morgan fingerprint density at radius 2 is 2.06 bits per heavy atom. The van der Waals surface area contributed by atoms with Crippen molar-refractivity contribution in [2.24, 2.45) is 0 Å². The molecule has 5 heteroatoms. The molecule has 0 amide bonds. The van der Waals surface area contributed by atoms with Crippen molar-refractivity contribution in [3.63, 3.8) is 0 Å². The van der Waals surface area contributed by atoms with Gasteiger partial charge in [-0.25, -0.2) is 0 Å². The maximum atomic E-state index is 11.5. The van der Waals surface area contributed by atoms with Gasteiger partial charge in [0.05, 0.1) is 6.61 Å². The number of ether oxygens (including phenoxy) is 1. The van der Waals surface area contributed by atoms with Gasteiger partial charge in [-0.05, 0) is 30.3 Å². The van der Waals surface area contributed by atoms with E-state index in [4.69, 9.17) is 9.16 Å². The first-order valence-electron chi connectivity index (χ1n) is 5.83. The minimum atomic E-state index is -1.88. The van der Waals surface area contributed by atoms with Gasteiger partial charge in [-0.15, -0.1) is 0 Å². The molecular weight excluding hydrogens is 236 g/mol. The highest BCUT2D eigenvalue weighted by atomic mass is 28.4. The van der Waals surface area contributed by atoms with Gasteiger partial charge in [0, 0.05) is 0 Å². The van der Waals surface area contributed by atoms with Crippen LogP contribution in [0.1, 0.15) is 20.8 Å². The third-order valence-corrected chi connectivity index (χ3v) is 7.95. The van der Waals surface area contributed by atoms with Crippen LogP contribution in [-0.2, 0) is 14.0 Å². The Morgan fingerprint density at radius 3 is 2.59 bits per heavy atom. The summed E-state index contributed by atoms with van der Waals surface area (Å²) in [6.45, 7) is 10.9. The highest BCUT2D eigenvalue weighted by molar-refractivity contribution is 6.74. The van der Waals surface area contributed by atoms with Crippen molar-refractivity contribution < 1.29 is 19.1 Å². The first-order chi connectivity index (χ1) is 7.63. The van der Waals surface area contributed by atoms with E-state index in [1.54, 1.807) is 0 Å². The van der Waals surface area contributed by atoms with Crippen molar-refractivity contribution in [2.45, 2.75) is 51.3 Å². The monoisotopic (exact) mass is 258 g/mol.